The summed E-state index contributed by atoms with van der Waals surface area (Å²) >= 11 is 3.44. The minimum atomic E-state index is 0.469. The third-order valence-electron chi connectivity index (χ3n) is 2.49. The largest absolute Gasteiger partial charge is 0.381 e. The fourth-order valence-electron chi connectivity index (χ4n) is 1.61. The molecule has 0 unspecified atom stereocenters. The van der Waals surface area contributed by atoms with Crippen molar-refractivity contribution in [3.8, 4) is 0 Å². The van der Waals surface area contributed by atoms with Gasteiger partial charge in [0.15, 0.2) is 0 Å². The van der Waals surface area contributed by atoms with Gasteiger partial charge < -0.3 is 11.1 Å². The van der Waals surface area contributed by atoms with Crippen LogP contribution in [0.5, 0.6) is 0 Å². The van der Waals surface area contributed by atoms with E-state index in [4.69, 9.17) is 5.73 Å². The molecule has 88 valence electrons. The first-order valence-electron chi connectivity index (χ1n) is 5.42. The van der Waals surface area contributed by atoms with Gasteiger partial charge in [-0.05, 0) is 29.8 Å². The Labute approximate surface area is 109 Å². The van der Waals surface area contributed by atoms with Gasteiger partial charge in [-0.15, -0.1) is 0 Å². The van der Waals surface area contributed by atoms with E-state index >= 15 is 0 Å². The summed E-state index contributed by atoms with van der Waals surface area (Å²) in [5, 5.41) is 3.35. The molecule has 0 spiro atoms. The Morgan fingerprint density at radius 3 is 2.88 bits per heavy atom. The fraction of sp³-hybridized carbons (Fsp3) is 0.154. The molecule has 0 saturated carbocycles. The van der Waals surface area contributed by atoms with Gasteiger partial charge >= 0.3 is 0 Å². The molecule has 3 N–H and O–H groups in total. The van der Waals surface area contributed by atoms with E-state index in [9.17, 15) is 0 Å². The number of hydrogen-bond acceptors (Lipinski definition) is 3. The number of anilines is 1. The van der Waals surface area contributed by atoms with Crippen molar-refractivity contribution in [3.05, 3.63) is 58.3 Å². The lowest BCUT2D eigenvalue weighted by Gasteiger charge is -2.09. The third-order valence-corrected chi connectivity index (χ3v) is 2.98. The lowest BCUT2D eigenvalue weighted by atomic mass is 10.2. The van der Waals surface area contributed by atoms with Crippen LogP contribution >= 0.6 is 15.9 Å². The zero-order chi connectivity index (χ0) is 12.1. The summed E-state index contributed by atoms with van der Waals surface area (Å²) in [5.74, 6) is 0. The van der Waals surface area contributed by atoms with Crippen molar-refractivity contribution in [2.75, 3.05) is 5.32 Å². The zero-order valence-corrected chi connectivity index (χ0v) is 10.9. The molecule has 2 aromatic rings. The Kier molecular flexibility index (Phi) is 4.12. The van der Waals surface area contributed by atoms with Crippen LogP contribution in [0, 0.1) is 0 Å². The van der Waals surface area contributed by atoms with E-state index in [-0.39, 0.29) is 0 Å². The Morgan fingerprint density at radius 2 is 2.12 bits per heavy atom. The van der Waals surface area contributed by atoms with Gasteiger partial charge in [0.2, 0.25) is 0 Å². The summed E-state index contributed by atoms with van der Waals surface area (Å²) in [7, 11) is 0. The van der Waals surface area contributed by atoms with E-state index in [1.54, 1.807) is 6.20 Å². The molecule has 3 nitrogen and oxygen atoms in total. The molecule has 1 aromatic heterocycles. The SMILES string of the molecule is NCc1ncccc1CNc1cccc(Br)c1. The monoisotopic (exact) mass is 291 g/mol. The minimum absolute atomic E-state index is 0.469. The van der Waals surface area contributed by atoms with Crippen molar-refractivity contribution < 1.29 is 0 Å². The first kappa shape index (κ1) is 12.1. The number of nitrogens with one attached hydrogen (secondary N) is 1. The molecule has 0 bridgehead atoms. The second-order valence-electron chi connectivity index (χ2n) is 3.68. The molecule has 4 heteroatoms. The highest BCUT2D eigenvalue weighted by Gasteiger charge is 2.01. The van der Waals surface area contributed by atoms with E-state index in [1.165, 1.54) is 0 Å². The number of pyridine rings is 1. The van der Waals surface area contributed by atoms with Gasteiger partial charge in [0.05, 0.1) is 5.69 Å². The van der Waals surface area contributed by atoms with E-state index in [0.717, 1.165) is 28.0 Å². The molecule has 0 radical (unpaired) electrons. The highest BCUT2D eigenvalue weighted by molar-refractivity contribution is 9.10. The molecule has 1 heterocycles. The summed E-state index contributed by atoms with van der Waals surface area (Å²) in [5.41, 5.74) is 8.80. The predicted octanol–water partition coefficient (Wildman–Crippen LogP) is 2.91. The van der Waals surface area contributed by atoms with E-state index in [2.05, 4.69) is 26.2 Å². The number of rotatable bonds is 4. The molecule has 0 aliphatic carbocycles. The fourth-order valence-corrected chi connectivity index (χ4v) is 2.01. The predicted molar refractivity (Wildman–Crippen MR) is 73.6 cm³/mol. The molecular weight excluding hydrogens is 278 g/mol. The summed E-state index contributed by atoms with van der Waals surface area (Å²) in [4.78, 5) is 4.25. The second kappa shape index (κ2) is 5.80. The average Bonchev–Trinajstić information content (AvgIpc) is 2.37. The van der Waals surface area contributed by atoms with Crippen molar-refractivity contribution in [1.82, 2.24) is 4.98 Å². The Balaban J connectivity index is 2.07. The van der Waals surface area contributed by atoms with Crippen molar-refractivity contribution >= 4 is 21.6 Å². The second-order valence-corrected chi connectivity index (χ2v) is 4.59. The average molecular weight is 292 g/mol. The molecule has 0 aliphatic rings. The first-order chi connectivity index (χ1) is 8.29. The van der Waals surface area contributed by atoms with Crippen molar-refractivity contribution in [2.24, 2.45) is 5.73 Å². The smallest absolute Gasteiger partial charge is 0.0589 e. The topological polar surface area (TPSA) is 50.9 Å². The highest BCUT2D eigenvalue weighted by Crippen LogP contribution is 2.16. The zero-order valence-electron chi connectivity index (χ0n) is 9.36. The highest BCUT2D eigenvalue weighted by atomic mass is 79.9. The maximum absolute atomic E-state index is 5.65. The van der Waals surface area contributed by atoms with Crippen LogP contribution in [-0.2, 0) is 13.1 Å². The number of hydrogen-bond donors (Lipinski definition) is 2. The third kappa shape index (κ3) is 3.28. The van der Waals surface area contributed by atoms with Gasteiger partial charge in [0, 0.05) is 29.4 Å². The number of halogens is 1. The number of benzene rings is 1. The van der Waals surface area contributed by atoms with Gasteiger partial charge in [-0.2, -0.15) is 0 Å². The molecular formula is C13H14BrN3. The quantitative estimate of drug-likeness (QED) is 0.911. The molecule has 0 aliphatic heterocycles. The van der Waals surface area contributed by atoms with Crippen LogP contribution in [0.1, 0.15) is 11.3 Å². The lowest BCUT2D eigenvalue weighted by molar-refractivity contribution is 0.939. The molecule has 0 atom stereocenters. The van der Waals surface area contributed by atoms with Gasteiger partial charge in [-0.3, -0.25) is 4.98 Å². The molecule has 0 saturated heterocycles. The molecule has 0 fully saturated rings. The molecule has 2 rings (SSSR count). The van der Waals surface area contributed by atoms with Gasteiger partial charge in [-0.25, -0.2) is 0 Å². The molecule has 0 amide bonds. The number of nitrogens with two attached hydrogens (primary N) is 1. The summed E-state index contributed by atoms with van der Waals surface area (Å²) in [6.45, 7) is 1.20. The van der Waals surface area contributed by atoms with Gasteiger partial charge in [-0.1, -0.05) is 28.1 Å². The van der Waals surface area contributed by atoms with Crippen molar-refractivity contribution in [3.63, 3.8) is 0 Å². The van der Waals surface area contributed by atoms with E-state index < -0.39 is 0 Å². The van der Waals surface area contributed by atoms with Gasteiger partial charge in [0.25, 0.3) is 0 Å². The summed E-state index contributed by atoms with van der Waals surface area (Å²) < 4.78 is 1.06. The Hall–Kier alpha value is -1.39. The number of nitrogens with zero attached hydrogens (tertiary/aromatic N) is 1. The first-order valence-corrected chi connectivity index (χ1v) is 6.21. The van der Waals surface area contributed by atoms with Crippen LogP contribution in [-0.4, -0.2) is 4.98 Å². The van der Waals surface area contributed by atoms with Crippen LogP contribution in [0.4, 0.5) is 5.69 Å². The van der Waals surface area contributed by atoms with E-state index in [1.807, 2.05) is 36.4 Å². The van der Waals surface area contributed by atoms with E-state index in [0.29, 0.717) is 6.54 Å². The van der Waals surface area contributed by atoms with Crippen LogP contribution in [0.3, 0.4) is 0 Å². The van der Waals surface area contributed by atoms with Crippen molar-refractivity contribution in [1.29, 1.82) is 0 Å². The summed E-state index contributed by atoms with van der Waals surface area (Å²) in [6.07, 6.45) is 1.77. The molecule has 17 heavy (non-hydrogen) atoms. The van der Waals surface area contributed by atoms with Crippen LogP contribution in [0.2, 0.25) is 0 Å². The number of aromatic nitrogens is 1. The van der Waals surface area contributed by atoms with Crippen LogP contribution in [0.15, 0.2) is 47.1 Å². The van der Waals surface area contributed by atoms with Crippen molar-refractivity contribution in [2.45, 2.75) is 13.1 Å². The maximum Gasteiger partial charge on any atom is 0.0589 e. The normalized spacial score (nSPS) is 10.2. The lowest BCUT2D eigenvalue weighted by Crippen LogP contribution is -2.08. The standard InChI is InChI=1S/C13H14BrN3/c14-11-4-1-5-12(7-11)17-9-10-3-2-6-16-13(10)8-15/h1-7,17H,8-9,15H2. The Morgan fingerprint density at radius 1 is 1.24 bits per heavy atom. The van der Waals surface area contributed by atoms with Crippen LogP contribution in [0.25, 0.3) is 0 Å². The minimum Gasteiger partial charge on any atom is -0.381 e. The maximum atomic E-state index is 5.65. The Bertz CT molecular complexity index is 500. The summed E-state index contributed by atoms with van der Waals surface area (Å²) in [6, 6.07) is 12.0. The van der Waals surface area contributed by atoms with Crippen LogP contribution < -0.4 is 11.1 Å². The van der Waals surface area contributed by atoms with Gasteiger partial charge in [0.1, 0.15) is 0 Å². The molecule has 1 aromatic carbocycles.